The molecule has 0 amide bonds. The molecule has 0 bridgehead atoms. The van der Waals surface area contributed by atoms with Gasteiger partial charge in [0.25, 0.3) is 0 Å². The molecule has 0 aromatic carbocycles. The van der Waals surface area contributed by atoms with Gasteiger partial charge in [0.1, 0.15) is 0 Å². The van der Waals surface area contributed by atoms with Crippen LogP contribution >= 0.6 is 0 Å². The lowest BCUT2D eigenvalue weighted by Crippen LogP contribution is -2.52. The van der Waals surface area contributed by atoms with E-state index in [0.29, 0.717) is 14.9 Å². The Bertz CT molecular complexity index is 333. The first kappa shape index (κ1) is 14.1. The molecule has 0 aromatic heterocycles. The number of hydrogen-bond acceptors (Lipinski definition) is 1. The molecule has 1 heterocycles. The zero-order valence-electron chi connectivity index (χ0n) is 11.6. The summed E-state index contributed by atoms with van der Waals surface area (Å²) in [5.74, 6) is -0.368. The molecule has 1 aliphatic rings. The highest BCUT2D eigenvalue weighted by Gasteiger charge is 2.66. The number of guanidine groups is 1. The van der Waals surface area contributed by atoms with Gasteiger partial charge < -0.3 is 5.21 Å². The van der Waals surface area contributed by atoms with E-state index in [1.807, 2.05) is 0 Å². The van der Waals surface area contributed by atoms with Crippen LogP contribution in [0, 0.1) is 5.21 Å². The Kier molecular flexibility index (Phi) is 2.89. The van der Waals surface area contributed by atoms with Gasteiger partial charge in [0.2, 0.25) is 0 Å². The predicted octanol–water partition coefficient (Wildman–Crippen LogP) is 1.52. The number of hydroxylamine groups is 5. The predicted molar refractivity (Wildman–Crippen MR) is 61.6 cm³/mol. The quantitative estimate of drug-likeness (QED) is 0.368. The zero-order valence-corrected chi connectivity index (χ0v) is 11.6. The molecule has 1 aliphatic heterocycles. The van der Waals surface area contributed by atoms with Gasteiger partial charge in [0.15, 0.2) is 11.1 Å². The standard InChI is InChI=1S/C11H21N3O3/c1-9(2,3)12(15)8-13(16)10(4,5)11(6,7)14(8)17/h1-7H3. The van der Waals surface area contributed by atoms with Crippen LogP contribution in [0.15, 0.2) is 0 Å². The fourth-order valence-corrected chi connectivity index (χ4v) is 1.54. The van der Waals surface area contributed by atoms with Crippen LogP contribution in [0.1, 0.15) is 48.5 Å². The Morgan fingerprint density at radius 1 is 1.00 bits per heavy atom. The van der Waals surface area contributed by atoms with Gasteiger partial charge in [-0.15, -0.1) is 0 Å². The van der Waals surface area contributed by atoms with E-state index in [2.05, 4.69) is 0 Å². The molecule has 6 heteroatoms. The highest BCUT2D eigenvalue weighted by Crippen LogP contribution is 2.39. The molecule has 0 atom stereocenters. The maximum absolute atomic E-state index is 12.1. The summed E-state index contributed by atoms with van der Waals surface area (Å²) in [6, 6.07) is 0. The smallest absolute Gasteiger partial charge is 0.414 e. The van der Waals surface area contributed by atoms with Crippen molar-refractivity contribution in [2.24, 2.45) is 0 Å². The molecule has 2 radical (unpaired) electrons. The summed E-state index contributed by atoms with van der Waals surface area (Å²) in [6.45, 7) is 11.6. The Balaban J connectivity index is 3.41. The Hall–Kier alpha value is -1.01. The van der Waals surface area contributed by atoms with Gasteiger partial charge in [-0.25, -0.2) is 0 Å². The molecule has 1 rings (SSSR count). The third-order valence-corrected chi connectivity index (χ3v) is 3.67. The highest BCUT2D eigenvalue weighted by atomic mass is 16.6. The van der Waals surface area contributed by atoms with E-state index in [4.69, 9.17) is 0 Å². The first-order valence-electron chi connectivity index (χ1n) is 5.64. The molecule has 98 valence electrons. The second kappa shape index (κ2) is 3.49. The largest absolute Gasteiger partial charge is 0.744 e. The minimum absolute atomic E-state index is 0.368. The fourth-order valence-electron chi connectivity index (χ4n) is 1.54. The summed E-state index contributed by atoms with van der Waals surface area (Å²) in [4.78, 5) is 0. The summed E-state index contributed by atoms with van der Waals surface area (Å²) in [5, 5.41) is 37.4. The van der Waals surface area contributed by atoms with Crippen molar-refractivity contribution in [1.29, 1.82) is 0 Å². The lowest BCUT2D eigenvalue weighted by Gasteiger charge is -2.29. The van der Waals surface area contributed by atoms with E-state index in [1.165, 1.54) is 0 Å². The number of rotatable bonds is 0. The van der Waals surface area contributed by atoms with Crippen molar-refractivity contribution in [3.63, 3.8) is 0 Å². The van der Waals surface area contributed by atoms with E-state index >= 15 is 0 Å². The maximum Gasteiger partial charge on any atom is 0.414 e. The molecule has 1 fully saturated rings. The Labute approximate surface area is 102 Å². The van der Waals surface area contributed by atoms with Gasteiger partial charge in [0.05, 0.1) is 5.54 Å². The van der Waals surface area contributed by atoms with E-state index < -0.39 is 16.6 Å². The molecule has 0 aliphatic carbocycles. The maximum atomic E-state index is 12.1. The molecule has 0 N–H and O–H groups in total. The topological polar surface area (TPSA) is 72.3 Å². The fraction of sp³-hybridized carbons (Fsp3) is 0.909. The van der Waals surface area contributed by atoms with Crippen LogP contribution in [0.25, 0.3) is 0 Å². The van der Waals surface area contributed by atoms with Crippen molar-refractivity contribution in [3.05, 3.63) is 5.21 Å². The van der Waals surface area contributed by atoms with Crippen LogP contribution in [-0.4, -0.2) is 37.4 Å². The van der Waals surface area contributed by atoms with Gasteiger partial charge in [-0.1, -0.05) is 10.1 Å². The second-order valence-corrected chi connectivity index (χ2v) is 6.47. The van der Waals surface area contributed by atoms with E-state index in [9.17, 15) is 15.6 Å². The molecular formula is C11H21N3O3. The molecule has 6 nitrogen and oxygen atoms in total. The molecular weight excluding hydrogens is 222 g/mol. The summed E-state index contributed by atoms with van der Waals surface area (Å²) < 4.78 is 0.490. The van der Waals surface area contributed by atoms with Crippen molar-refractivity contribution < 1.29 is 15.2 Å². The lowest BCUT2D eigenvalue weighted by molar-refractivity contribution is -0.552. The Morgan fingerprint density at radius 3 is 1.53 bits per heavy atom. The van der Waals surface area contributed by atoms with Crippen molar-refractivity contribution in [1.82, 2.24) is 10.1 Å². The molecule has 0 saturated carbocycles. The molecule has 0 unspecified atom stereocenters. The summed E-state index contributed by atoms with van der Waals surface area (Å²) in [7, 11) is 0. The van der Waals surface area contributed by atoms with Crippen LogP contribution in [-0.2, 0) is 10.4 Å². The van der Waals surface area contributed by atoms with Crippen molar-refractivity contribution in [2.45, 2.75) is 65.1 Å². The van der Waals surface area contributed by atoms with Crippen LogP contribution in [0.5, 0.6) is 0 Å². The molecule has 0 aromatic rings. The number of hydrogen-bond donors (Lipinski definition) is 0. The average molecular weight is 243 g/mol. The first-order valence-corrected chi connectivity index (χ1v) is 5.64. The van der Waals surface area contributed by atoms with Crippen LogP contribution < -0.4 is 0 Å². The summed E-state index contributed by atoms with van der Waals surface area (Å²) in [5.41, 5.74) is -2.72. The summed E-state index contributed by atoms with van der Waals surface area (Å²) in [6.07, 6.45) is 0. The summed E-state index contributed by atoms with van der Waals surface area (Å²) >= 11 is 0. The number of nitrogens with zero attached hydrogens (tertiary/aromatic N) is 3. The van der Waals surface area contributed by atoms with Crippen molar-refractivity contribution >= 4 is 5.96 Å². The van der Waals surface area contributed by atoms with Gasteiger partial charge >= 0.3 is 5.96 Å². The monoisotopic (exact) mass is 243 g/mol. The van der Waals surface area contributed by atoms with E-state index in [1.54, 1.807) is 48.5 Å². The third kappa shape index (κ3) is 1.75. The van der Waals surface area contributed by atoms with Crippen LogP contribution in [0.3, 0.4) is 0 Å². The third-order valence-electron chi connectivity index (χ3n) is 3.67. The van der Waals surface area contributed by atoms with Gasteiger partial charge in [-0.3, -0.25) is 4.74 Å². The zero-order chi connectivity index (χ0) is 13.8. The van der Waals surface area contributed by atoms with Gasteiger partial charge in [-0.2, -0.15) is 0 Å². The minimum Gasteiger partial charge on any atom is -0.744 e. The SMILES string of the molecule is CC(C)(C)[N+]([O-])=C1N([O])C(C)(C)C(C)(C)N1[O]. The van der Waals surface area contributed by atoms with E-state index in [0.717, 1.165) is 0 Å². The average Bonchev–Trinajstić information content (AvgIpc) is 2.24. The van der Waals surface area contributed by atoms with Crippen molar-refractivity contribution in [2.75, 3.05) is 0 Å². The van der Waals surface area contributed by atoms with Crippen molar-refractivity contribution in [3.8, 4) is 0 Å². The lowest BCUT2D eigenvalue weighted by atomic mass is 9.84. The van der Waals surface area contributed by atoms with Gasteiger partial charge in [-0.05, 0) is 58.9 Å². The second-order valence-electron chi connectivity index (χ2n) is 6.47. The van der Waals surface area contributed by atoms with E-state index in [-0.39, 0.29) is 5.96 Å². The van der Waals surface area contributed by atoms with Crippen LogP contribution in [0.2, 0.25) is 0 Å². The molecule has 1 saturated heterocycles. The van der Waals surface area contributed by atoms with Gasteiger partial charge in [0, 0.05) is 0 Å². The normalized spacial score (nSPS) is 23.2. The Morgan fingerprint density at radius 2 is 1.29 bits per heavy atom. The molecule has 0 spiro atoms. The highest BCUT2D eigenvalue weighted by molar-refractivity contribution is 5.78. The van der Waals surface area contributed by atoms with Crippen LogP contribution in [0.4, 0.5) is 0 Å². The first-order chi connectivity index (χ1) is 7.35. The minimum atomic E-state index is -0.946. The molecule has 17 heavy (non-hydrogen) atoms.